The van der Waals surface area contributed by atoms with Crippen molar-refractivity contribution >= 4 is 5.91 Å². The Kier molecular flexibility index (Phi) is 4.16. The van der Waals surface area contributed by atoms with E-state index in [-0.39, 0.29) is 11.3 Å². The summed E-state index contributed by atoms with van der Waals surface area (Å²) in [7, 11) is 1.60. The van der Waals surface area contributed by atoms with E-state index < -0.39 is 6.10 Å². The minimum atomic E-state index is -0.472. The van der Waals surface area contributed by atoms with Crippen LogP contribution in [0, 0.1) is 0 Å². The zero-order chi connectivity index (χ0) is 13.1. The molecule has 17 heavy (non-hydrogen) atoms. The molecule has 0 fully saturated rings. The molecule has 3 nitrogen and oxygen atoms in total. The van der Waals surface area contributed by atoms with Crippen LogP contribution >= 0.6 is 0 Å². The smallest absolute Gasteiger partial charge is 0.260 e. The summed E-state index contributed by atoms with van der Waals surface area (Å²) in [4.78, 5) is 11.3. The maximum absolute atomic E-state index is 11.3. The average molecular weight is 235 g/mol. The number of rotatable bonds is 3. The number of ether oxygens (including phenoxy) is 1. The first-order valence-corrected chi connectivity index (χ1v) is 5.83. The second-order valence-corrected chi connectivity index (χ2v) is 5.15. The molecule has 94 valence electrons. The van der Waals surface area contributed by atoms with Crippen molar-refractivity contribution in [3.63, 3.8) is 0 Å². The van der Waals surface area contributed by atoms with E-state index in [2.05, 4.69) is 26.1 Å². The van der Waals surface area contributed by atoms with Gasteiger partial charge in [-0.25, -0.2) is 0 Å². The lowest BCUT2D eigenvalue weighted by atomic mass is 9.87. The van der Waals surface area contributed by atoms with Crippen LogP contribution in [0.4, 0.5) is 0 Å². The van der Waals surface area contributed by atoms with E-state index in [1.807, 2.05) is 24.3 Å². The number of benzene rings is 1. The Morgan fingerprint density at radius 1 is 1.24 bits per heavy atom. The standard InChI is InChI=1S/C14H21NO2/c1-10(13(16)15-5)17-12-8-6-11(7-9-12)14(2,3)4/h6-10H,1-5H3,(H,15,16)/t10-/m1/s1. The summed E-state index contributed by atoms with van der Waals surface area (Å²) in [6, 6.07) is 7.87. The maximum atomic E-state index is 11.3. The van der Waals surface area contributed by atoms with E-state index >= 15 is 0 Å². The first-order valence-electron chi connectivity index (χ1n) is 5.83. The molecule has 0 spiro atoms. The van der Waals surface area contributed by atoms with Gasteiger partial charge in [0, 0.05) is 7.05 Å². The summed E-state index contributed by atoms with van der Waals surface area (Å²) in [5.41, 5.74) is 1.38. The van der Waals surface area contributed by atoms with Gasteiger partial charge in [0.05, 0.1) is 0 Å². The summed E-state index contributed by atoms with van der Waals surface area (Å²) in [5, 5.41) is 2.56. The van der Waals surface area contributed by atoms with Gasteiger partial charge >= 0.3 is 0 Å². The zero-order valence-corrected chi connectivity index (χ0v) is 11.2. The monoisotopic (exact) mass is 235 g/mol. The van der Waals surface area contributed by atoms with Crippen molar-refractivity contribution < 1.29 is 9.53 Å². The molecule has 1 aromatic carbocycles. The van der Waals surface area contributed by atoms with Gasteiger partial charge in [0.25, 0.3) is 5.91 Å². The summed E-state index contributed by atoms with van der Waals surface area (Å²) in [6.45, 7) is 8.22. The van der Waals surface area contributed by atoms with Crippen molar-refractivity contribution in [2.45, 2.75) is 39.2 Å². The Hall–Kier alpha value is -1.51. The second kappa shape index (κ2) is 5.21. The fraction of sp³-hybridized carbons (Fsp3) is 0.500. The average Bonchev–Trinajstić information content (AvgIpc) is 2.27. The molecule has 0 aliphatic heterocycles. The summed E-state index contributed by atoms with van der Waals surface area (Å²) in [6.07, 6.45) is -0.472. The number of hydrogen-bond donors (Lipinski definition) is 1. The van der Waals surface area contributed by atoms with Crippen LogP contribution < -0.4 is 10.1 Å². The minimum absolute atomic E-state index is 0.120. The number of carbonyl (C=O) groups excluding carboxylic acids is 1. The highest BCUT2D eigenvalue weighted by Gasteiger charge is 2.15. The number of nitrogens with one attached hydrogen (secondary N) is 1. The molecule has 0 aliphatic rings. The van der Waals surface area contributed by atoms with E-state index in [0.717, 1.165) is 0 Å². The Bertz CT molecular complexity index is 376. The first kappa shape index (κ1) is 13.6. The minimum Gasteiger partial charge on any atom is -0.481 e. The van der Waals surface area contributed by atoms with Crippen LogP contribution in [-0.4, -0.2) is 19.1 Å². The van der Waals surface area contributed by atoms with E-state index in [1.165, 1.54) is 5.56 Å². The Balaban J connectivity index is 2.72. The third-order valence-electron chi connectivity index (χ3n) is 2.65. The molecule has 0 unspecified atom stereocenters. The van der Waals surface area contributed by atoms with Crippen LogP contribution in [0.5, 0.6) is 5.75 Å². The fourth-order valence-electron chi connectivity index (χ4n) is 1.49. The lowest BCUT2D eigenvalue weighted by Crippen LogP contribution is -2.33. The van der Waals surface area contributed by atoms with Gasteiger partial charge in [0.15, 0.2) is 6.10 Å². The van der Waals surface area contributed by atoms with E-state index in [1.54, 1.807) is 14.0 Å². The van der Waals surface area contributed by atoms with Gasteiger partial charge in [0.2, 0.25) is 0 Å². The molecule has 1 N–H and O–H groups in total. The van der Waals surface area contributed by atoms with Crippen molar-refractivity contribution in [2.24, 2.45) is 0 Å². The van der Waals surface area contributed by atoms with Crippen LogP contribution in [0.2, 0.25) is 0 Å². The van der Waals surface area contributed by atoms with Gasteiger partial charge in [-0.15, -0.1) is 0 Å². The maximum Gasteiger partial charge on any atom is 0.260 e. The van der Waals surface area contributed by atoms with Crippen molar-refractivity contribution in [3.05, 3.63) is 29.8 Å². The molecule has 0 heterocycles. The molecular formula is C14H21NO2. The van der Waals surface area contributed by atoms with Crippen LogP contribution in [-0.2, 0) is 10.2 Å². The summed E-state index contributed by atoms with van der Waals surface area (Å²) < 4.78 is 5.52. The van der Waals surface area contributed by atoms with Crippen molar-refractivity contribution in [1.29, 1.82) is 0 Å². The normalized spacial score (nSPS) is 13.0. The molecular weight excluding hydrogens is 214 g/mol. The second-order valence-electron chi connectivity index (χ2n) is 5.15. The van der Waals surface area contributed by atoms with Gasteiger partial charge in [-0.2, -0.15) is 0 Å². The molecule has 0 saturated heterocycles. The number of likely N-dealkylation sites (N-methyl/N-ethyl adjacent to an activating group) is 1. The third-order valence-corrected chi connectivity index (χ3v) is 2.65. The Morgan fingerprint density at radius 2 is 1.76 bits per heavy atom. The molecule has 1 atom stereocenters. The Morgan fingerprint density at radius 3 is 2.18 bits per heavy atom. The van der Waals surface area contributed by atoms with Crippen LogP contribution in [0.15, 0.2) is 24.3 Å². The highest BCUT2D eigenvalue weighted by atomic mass is 16.5. The highest BCUT2D eigenvalue weighted by Crippen LogP contribution is 2.24. The SMILES string of the molecule is CNC(=O)[C@@H](C)Oc1ccc(C(C)(C)C)cc1. The van der Waals surface area contributed by atoms with Crippen LogP contribution in [0.1, 0.15) is 33.3 Å². The van der Waals surface area contributed by atoms with Crippen LogP contribution in [0.3, 0.4) is 0 Å². The van der Waals surface area contributed by atoms with Gasteiger partial charge in [-0.3, -0.25) is 4.79 Å². The quantitative estimate of drug-likeness (QED) is 0.874. The van der Waals surface area contributed by atoms with Gasteiger partial charge in [0.1, 0.15) is 5.75 Å². The van der Waals surface area contributed by atoms with E-state index in [9.17, 15) is 4.79 Å². The van der Waals surface area contributed by atoms with Gasteiger partial charge in [-0.05, 0) is 30.0 Å². The van der Waals surface area contributed by atoms with E-state index in [0.29, 0.717) is 5.75 Å². The summed E-state index contributed by atoms with van der Waals surface area (Å²) in [5.74, 6) is 0.596. The molecule has 3 heteroatoms. The van der Waals surface area contributed by atoms with Crippen molar-refractivity contribution in [1.82, 2.24) is 5.32 Å². The van der Waals surface area contributed by atoms with E-state index in [4.69, 9.17) is 4.74 Å². The molecule has 0 saturated carbocycles. The zero-order valence-electron chi connectivity index (χ0n) is 11.2. The van der Waals surface area contributed by atoms with Crippen LogP contribution in [0.25, 0.3) is 0 Å². The van der Waals surface area contributed by atoms with Gasteiger partial charge < -0.3 is 10.1 Å². The number of amides is 1. The van der Waals surface area contributed by atoms with Crippen molar-refractivity contribution in [2.75, 3.05) is 7.05 Å². The molecule has 1 aromatic rings. The highest BCUT2D eigenvalue weighted by molar-refractivity contribution is 5.80. The first-order chi connectivity index (χ1) is 7.84. The molecule has 0 aromatic heterocycles. The topological polar surface area (TPSA) is 38.3 Å². The summed E-state index contributed by atoms with van der Waals surface area (Å²) >= 11 is 0. The molecule has 0 aliphatic carbocycles. The predicted molar refractivity (Wildman–Crippen MR) is 69.3 cm³/mol. The fourth-order valence-corrected chi connectivity index (χ4v) is 1.49. The molecule has 0 bridgehead atoms. The van der Waals surface area contributed by atoms with Crippen molar-refractivity contribution in [3.8, 4) is 5.75 Å². The largest absolute Gasteiger partial charge is 0.481 e. The molecule has 1 amide bonds. The molecule has 1 rings (SSSR count). The molecule has 0 radical (unpaired) electrons. The number of hydrogen-bond acceptors (Lipinski definition) is 2. The number of carbonyl (C=O) groups is 1. The lowest BCUT2D eigenvalue weighted by Gasteiger charge is -2.20. The third kappa shape index (κ3) is 3.77. The van der Waals surface area contributed by atoms with Gasteiger partial charge in [-0.1, -0.05) is 32.9 Å². The predicted octanol–water partition coefficient (Wildman–Crippen LogP) is 2.50. The Labute approximate surface area is 103 Å². The lowest BCUT2D eigenvalue weighted by molar-refractivity contribution is -0.126.